The molecule has 4 amide bonds. The van der Waals surface area contributed by atoms with Gasteiger partial charge in [-0.25, -0.2) is 4.79 Å². The van der Waals surface area contributed by atoms with Crippen molar-refractivity contribution in [3.8, 4) is 11.1 Å². The summed E-state index contributed by atoms with van der Waals surface area (Å²) in [6.45, 7) is 0.425. The number of benzene rings is 3. The number of aromatic nitrogens is 1. The first-order chi connectivity index (χ1) is 16.9. The van der Waals surface area contributed by atoms with Crippen molar-refractivity contribution in [3.05, 3.63) is 99.3 Å². The molecule has 6 rings (SSSR count). The summed E-state index contributed by atoms with van der Waals surface area (Å²) in [6, 6.07) is 22.7. The highest BCUT2D eigenvalue weighted by atomic mass is 127. The van der Waals surface area contributed by atoms with Crippen LogP contribution in [0.15, 0.2) is 79.0 Å². The number of halogens is 1. The molecule has 0 unspecified atom stereocenters. The van der Waals surface area contributed by atoms with Crippen LogP contribution in [-0.4, -0.2) is 34.3 Å². The average Bonchev–Trinajstić information content (AvgIpc) is 3.33. The van der Waals surface area contributed by atoms with Gasteiger partial charge in [0.15, 0.2) is 5.54 Å². The first-order valence-corrected chi connectivity index (χ1v) is 12.2. The Labute approximate surface area is 214 Å². The van der Waals surface area contributed by atoms with E-state index in [-0.39, 0.29) is 12.5 Å². The second-order valence-electron chi connectivity index (χ2n) is 8.76. The first-order valence-electron chi connectivity index (χ1n) is 11.1. The van der Waals surface area contributed by atoms with Crippen molar-refractivity contribution in [3.63, 3.8) is 0 Å². The third-order valence-corrected chi connectivity index (χ3v) is 7.31. The van der Waals surface area contributed by atoms with Crippen LogP contribution >= 0.6 is 22.6 Å². The number of pyridine rings is 1. The topological polar surface area (TPSA) is 91.4 Å². The molecule has 0 saturated carbocycles. The maximum Gasteiger partial charge on any atom is 0.322 e. The van der Waals surface area contributed by atoms with E-state index in [1.54, 1.807) is 11.1 Å². The summed E-state index contributed by atoms with van der Waals surface area (Å²) in [5.74, 6) is -0.612. The van der Waals surface area contributed by atoms with Crippen LogP contribution in [0.4, 0.5) is 4.79 Å². The summed E-state index contributed by atoms with van der Waals surface area (Å²) in [5, 5.41) is 6.19. The van der Waals surface area contributed by atoms with Gasteiger partial charge in [0.05, 0.1) is 12.1 Å². The molecule has 3 aromatic carbocycles. The van der Waals surface area contributed by atoms with Gasteiger partial charge in [0.2, 0.25) is 0 Å². The van der Waals surface area contributed by atoms with Gasteiger partial charge in [-0.05, 0) is 75.2 Å². The Bertz CT molecular complexity index is 1540. The van der Waals surface area contributed by atoms with E-state index in [4.69, 9.17) is 0 Å². The van der Waals surface area contributed by atoms with Gasteiger partial charge < -0.3 is 10.2 Å². The molecule has 2 aliphatic heterocycles. The Morgan fingerprint density at radius 2 is 1.74 bits per heavy atom. The minimum absolute atomic E-state index is 0.0374. The maximum atomic E-state index is 13.1. The van der Waals surface area contributed by atoms with Gasteiger partial charge in [-0.2, -0.15) is 0 Å². The Balaban J connectivity index is 1.34. The molecule has 7 nitrogen and oxygen atoms in total. The molecule has 172 valence electrons. The number of imide groups is 1. The lowest BCUT2D eigenvalue weighted by atomic mass is 9.88. The lowest BCUT2D eigenvalue weighted by molar-refractivity contribution is -0.124. The fourth-order valence-electron chi connectivity index (χ4n) is 4.85. The number of carbonyl (C=O) groups is 3. The fourth-order valence-corrected chi connectivity index (χ4v) is 5.34. The van der Waals surface area contributed by atoms with E-state index in [2.05, 4.69) is 44.3 Å². The molecule has 35 heavy (non-hydrogen) atoms. The Hall–Kier alpha value is -3.79. The van der Waals surface area contributed by atoms with E-state index in [1.165, 1.54) is 0 Å². The molecule has 8 heteroatoms. The predicted molar refractivity (Wildman–Crippen MR) is 139 cm³/mol. The molecule has 0 aliphatic carbocycles. The van der Waals surface area contributed by atoms with E-state index in [1.807, 2.05) is 66.7 Å². The van der Waals surface area contributed by atoms with Crippen molar-refractivity contribution < 1.29 is 14.4 Å². The number of fused-ring (bicyclic) bond motifs is 2. The van der Waals surface area contributed by atoms with Crippen molar-refractivity contribution in [1.29, 1.82) is 0 Å². The number of amides is 4. The highest BCUT2D eigenvalue weighted by Gasteiger charge is 2.50. The molecule has 1 saturated heterocycles. The zero-order chi connectivity index (χ0) is 24.2. The molecule has 1 aromatic heterocycles. The molecule has 0 bridgehead atoms. The molecular formula is C27H19IN4O3. The van der Waals surface area contributed by atoms with Crippen molar-refractivity contribution in [2.24, 2.45) is 0 Å². The maximum absolute atomic E-state index is 13.1. The Morgan fingerprint density at radius 3 is 2.51 bits per heavy atom. The number of carbonyl (C=O) groups excluding carboxylic acids is 3. The van der Waals surface area contributed by atoms with Gasteiger partial charge >= 0.3 is 6.03 Å². The van der Waals surface area contributed by atoms with Gasteiger partial charge in [-0.15, -0.1) is 0 Å². The van der Waals surface area contributed by atoms with Gasteiger partial charge in [-0.1, -0.05) is 42.5 Å². The third-order valence-electron chi connectivity index (χ3n) is 6.63. The van der Waals surface area contributed by atoms with Gasteiger partial charge in [0.1, 0.15) is 0 Å². The largest absolute Gasteiger partial charge is 0.331 e. The number of nitrogens with zero attached hydrogens (tertiary/aromatic N) is 2. The lowest BCUT2D eigenvalue weighted by Gasteiger charge is -2.31. The lowest BCUT2D eigenvalue weighted by Crippen LogP contribution is -2.52. The van der Waals surface area contributed by atoms with Crippen LogP contribution in [0.5, 0.6) is 0 Å². The number of hydrogen-bond acceptors (Lipinski definition) is 4. The predicted octanol–water partition coefficient (Wildman–Crippen LogP) is 4.20. The third kappa shape index (κ3) is 3.65. The number of hydrogen-bond donors (Lipinski definition) is 2. The van der Waals surface area contributed by atoms with Crippen molar-refractivity contribution >= 4 is 51.3 Å². The highest BCUT2D eigenvalue weighted by Crippen LogP contribution is 2.33. The quantitative estimate of drug-likeness (QED) is 0.283. The zero-order valence-corrected chi connectivity index (χ0v) is 20.6. The summed E-state index contributed by atoms with van der Waals surface area (Å²) in [4.78, 5) is 44.4. The fraction of sp³-hybridized carbons (Fsp3) is 0.111. The van der Waals surface area contributed by atoms with Gasteiger partial charge in [-0.3, -0.25) is 19.9 Å². The monoisotopic (exact) mass is 574 g/mol. The zero-order valence-electron chi connectivity index (χ0n) is 18.4. The van der Waals surface area contributed by atoms with Crippen molar-refractivity contribution in [2.75, 3.05) is 6.54 Å². The second kappa shape index (κ2) is 8.16. The molecule has 1 fully saturated rings. The van der Waals surface area contributed by atoms with Gasteiger partial charge in [0, 0.05) is 27.3 Å². The number of rotatable bonds is 4. The number of nitrogens with one attached hydrogen (secondary N) is 2. The summed E-state index contributed by atoms with van der Waals surface area (Å²) >= 11 is 2.18. The van der Waals surface area contributed by atoms with Crippen LogP contribution in [0, 0.1) is 3.57 Å². The van der Waals surface area contributed by atoms with Crippen LogP contribution in [-0.2, 0) is 16.9 Å². The Kier molecular flexibility index (Phi) is 5.06. The minimum Gasteiger partial charge on any atom is -0.331 e. The molecular weight excluding hydrogens is 555 g/mol. The molecule has 2 N–H and O–H groups in total. The normalized spacial score (nSPS) is 19.1. The smallest absolute Gasteiger partial charge is 0.322 e. The highest BCUT2D eigenvalue weighted by molar-refractivity contribution is 14.1. The summed E-state index contributed by atoms with van der Waals surface area (Å²) in [7, 11) is 0. The molecule has 3 heterocycles. The standard InChI is InChI=1S/C27H19IN4O3/c28-21-9-5-19-14-32(24(33)22(19)13-21)15-27(25(34)30-26(35)31-27)20-7-3-16(4-8-20)17-6-10-23-18(12-17)2-1-11-29-23/h1-13H,14-15H2,(H2,30,31,34,35)/t27-/m1/s1. The van der Waals surface area contributed by atoms with Crippen LogP contribution in [0.2, 0.25) is 0 Å². The van der Waals surface area contributed by atoms with Crippen molar-refractivity contribution in [2.45, 2.75) is 12.1 Å². The molecule has 4 aromatic rings. The first kappa shape index (κ1) is 21.7. The number of urea groups is 1. The molecule has 0 radical (unpaired) electrons. The summed E-state index contributed by atoms with van der Waals surface area (Å²) in [5.41, 5.74) is 3.71. The minimum atomic E-state index is -1.37. The van der Waals surface area contributed by atoms with Crippen LogP contribution in [0.25, 0.3) is 22.0 Å². The van der Waals surface area contributed by atoms with E-state index in [9.17, 15) is 14.4 Å². The average molecular weight is 574 g/mol. The van der Waals surface area contributed by atoms with Crippen LogP contribution in [0.3, 0.4) is 0 Å². The molecule has 2 aliphatic rings. The second-order valence-corrected chi connectivity index (χ2v) is 10.0. The SMILES string of the molecule is O=C1NC(=O)[C@@](CN2Cc3ccc(I)cc3C2=O)(c2ccc(-c3ccc4ncccc4c3)cc2)N1. The Morgan fingerprint density at radius 1 is 0.943 bits per heavy atom. The van der Waals surface area contributed by atoms with Crippen molar-refractivity contribution in [1.82, 2.24) is 20.5 Å². The van der Waals surface area contributed by atoms with E-state index in [0.29, 0.717) is 17.7 Å². The van der Waals surface area contributed by atoms with Crippen LogP contribution in [0.1, 0.15) is 21.5 Å². The summed E-state index contributed by atoms with van der Waals surface area (Å²) < 4.78 is 0.971. The van der Waals surface area contributed by atoms with E-state index >= 15 is 0 Å². The van der Waals surface area contributed by atoms with E-state index in [0.717, 1.165) is 31.2 Å². The molecule has 0 spiro atoms. The van der Waals surface area contributed by atoms with Gasteiger partial charge in [0.25, 0.3) is 11.8 Å². The van der Waals surface area contributed by atoms with Crippen LogP contribution < -0.4 is 10.6 Å². The molecule has 1 atom stereocenters. The summed E-state index contributed by atoms with van der Waals surface area (Å²) in [6.07, 6.45) is 1.77. The van der Waals surface area contributed by atoms with E-state index < -0.39 is 17.5 Å².